The van der Waals surface area contributed by atoms with E-state index in [0.29, 0.717) is 22.1 Å². The number of hydrogen-bond donors (Lipinski definition) is 2. The number of nitrogens with zero attached hydrogens (tertiary/aromatic N) is 3. The Bertz CT molecular complexity index is 707. The molecule has 1 aromatic heterocycles. The fourth-order valence-corrected chi connectivity index (χ4v) is 1.95. The van der Waals surface area contributed by atoms with Gasteiger partial charge >= 0.3 is 0 Å². The molecule has 2 aromatic rings. The van der Waals surface area contributed by atoms with Gasteiger partial charge in [-0.2, -0.15) is 5.26 Å². The summed E-state index contributed by atoms with van der Waals surface area (Å²) in [4.78, 5) is 20.2. The highest BCUT2D eigenvalue weighted by Gasteiger charge is 2.05. The molecule has 0 unspecified atom stereocenters. The molecule has 0 aliphatic rings. The van der Waals surface area contributed by atoms with Crippen LogP contribution in [0.25, 0.3) is 0 Å². The molecule has 0 saturated heterocycles. The van der Waals surface area contributed by atoms with Gasteiger partial charge < -0.3 is 5.32 Å². The lowest BCUT2D eigenvalue weighted by Crippen LogP contribution is -2.12. The highest BCUT2D eigenvalue weighted by atomic mass is 32.2. The predicted octanol–water partition coefficient (Wildman–Crippen LogP) is 2.76. The van der Waals surface area contributed by atoms with E-state index in [9.17, 15) is 4.79 Å². The molecule has 0 atom stereocenters. The van der Waals surface area contributed by atoms with Crippen LogP contribution in [-0.4, -0.2) is 22.3 Å². The summed E-state index contributed by atoms with van der Waals surface area (Å²) in [5.74, 6) is -0.222. The Labute approximate surface area is 132 Å². The van der Waals surface area contributed by atoms with E-state index < -0.39 is 0 Å². The lowest BCUT2D eigenvalue weighted by Gasteiger charge is -2.05. The monoisotopic (exact) mass is 311 g/mol. The number of aliphatic imine (C=N–C) groups is 1. The Morgan fingerprint density at radius 2 is 2.09 bits per heavy atom. The SMILES string of the molecule is CSC(=Nc1ccc(NC(=O)c2cccnc2)cc1)NC#N. The first-order valence-electron chi connectivity index (χ1n) is 6.32. The minimum absolute atomic E-state index is 0.222. The van der Waals surface area contributed by atoms with Crippen LogP contribution >= 0.6 is 11.8 Å². The van der Waals surface area contributed by atoms with Gasteiger partial charge in [0.1, 0.15) is 0 Å². The van der Waals surface area contributed by atoms with Gasteiger partial charge in [-0.1, -0.05) is 11.8 Å². The first kappa shape index (κ1) is 15.5. The number of amidine groups is 1. The van der Waals surface area contributed by atoms with Crippen LogP contribution in [-0.2, 0) is 0 Å². The molecule has 1 heterocycles. The molecule has 1 aromatic carbocycles. The zero-order valence-corrected chi connectivity index (χ0v) is 12.6. The smallest absolute Gasteiger partial charge is 0.257 e. The average Bonchev–Trinajstić information content (AvgIpc) is 2.57. The van der Waals surface area contributed by atoms with E-state index in [1.54, 1.807) is 42.6 Å². The summed E-state index contributed by atoms with van der Waals surface area (Å²) in [5.41, 5.74) is 1.84. The normalized spacial score (nSPS) is 10.6. The Balaban J connectivity index is 2.06. The number of carbonyl (C=O) groups is 1. The maximum Gasteiger partial charge on any atom is 0.257 e. The molecule has 2 rings (SSSR count). The third kappa shape index (κ3) is 4.33. The van der Waals surface area contributed by atoms with Gasteiger partial charge in [0.15, 0.2) is 11.4 Å². The number of nitrogens with one attached hydrogen (secondary N) is 2. The molecule has 7 heteroatoms. The van der Waals surface area contributed by atoms with Crippen LogP contribution in [0.15, 0.2) is 53.8 Å². The Morgan fingerprint density at radius 1 is 1.32 bits per heavy atom. The zero-order valence-electron chi connectivity index (χ0n) is 11.8. The number of benzene rings is 1. The minimum atomic E-state index is -0.222. The number of anilines is 1. The van der Waals surface area contributed by atoms with Crippen molar-refractivity contribution in [3.05, 3.63) is 54.4 Å². The zero-order chi connectivity index (χ0) is 15.8. The quantitative estimate of drug-likeness (QED) is 0.394. The Kier molecular flexibility index (Phi) is 5.51. The first-order chi connectivity index (χ1) is 10.7. The number of hydrogen-bond acceptors (Lipinski definition) is 5. The molecule has 2 N–H and O–H groups in total. The second kappa shape index (κ2) is 7.81. The van der Waals surface area contributed by atoms with Gasteiger partial charge in [-0.25, -0.2) is 4.99 Å². The number of thioether (sulfide) groups is 1. The van der Waals surface area contributed by atoms with Crippen molar-refractivity contribution in [3.63, 3.8) is 0 Å². The first-order valence-corrected chi connectivity index (χ1v) is 7.54. The summed E-state index contributed by atoms with van der Waals surface area (Å²) in [6.07, 6.45) is 6.77. The Morgan fingerprint density at radius 3 is 2.68 bits per heavy atom. The fraction of sp³-hybridized carbons (Fsp3) is 0.0667. The molecule has 0 fully saturated rings. The molecule has 1 amide bonds. The second-order valence-electron chi connectivity index (χ2n) is 4.10. The van der Waals surface area contributed by atoms with Gasteiger partial charge in [-0.05, 0) is 42.7 Å². The summed E-state index contributed by atoms with van der Waals surface area (Å²) < 4.78 is 0. The highest BCUT2D eigenvalue weighted by molar-refractivity contribution is 8.13. The number of aromatic nitrogens is 1. The van der Waals surface area contributed by atoms with Crippen molar-refractivity contribution >= 4 is 34.2 Å². The van der Waals surface area contributed by atoms with Crippen LogP contribution in [0.4, 0.5) is 11.4 Å². The van der Waals surface area contributed by atoms with Crippen LogP contribution in [0.1, 0.15) is 10.4 Å². The van der Waals surface area contributed by atoms with E-state index in [2.05, 4.69) is 20.6 Å². The van der Waals surface area contributed by atoms with Gasteiger partial charge in [0, 0.05) is 18.1 Å². The lowest BCUT2D eigenvalue weighted by molar-refractivity contribution is 0.102. The maximum atomic E-state index is 12.0. The van der Waals surface area contributed by atoms with E-state index in [-0.39, 0.29) is 5.91 Å². The van der Waals surface area contributed by atoms with Crippen molar-refractivity contribution in [1.82, 2.24) is 10.3 Å². The van der Waals surface area contributed by atoms with Crippen LogP contribution in [0, 0.1) is 11.5 Å². The standard InChI is InChI=1S/C15H13N5OS/c1-22-15(18-10-16)20-13-6-4-12(5-7-13)19-14(21)11-3-2-8-17-9-11/h2-9H,1H3,(H,18,20)(H,19,21). The summed E-state index contributed by atoms with van der Waals surface area (Å²) >= 11 is 1.34. The maximum absolute atomic E-state index is 12.0. The molecule has 0 spiro atoms. The fourth-order valence-electron chi connectivity index (χ4n) is 1.61. The van der Waals surface area contributed by atoms with Gasteiger partial charge in [-0.15, -0.1) is 0 Å². The van der Waals surface area contributed by atoms with Gasteiger partial charge in [-0.3, -0.25) is 15.1 Å². The largest absolute Gasteiger partial charge is 0.322 e. The van der Waals surface area contributed by atoms with Crippen LogP contribution in [0.3, 0.4) is 0 Å². The number of rotatable bonds is 3. The number of amides is 1. The molecule has 22 heavy (non-hydrogen) atoms. The summed E-state index contributed by atoms with van der Waals surface area (Å²) in [7, 11) is 0. The molecule has 0 radical (unpaired) electrons. The molecular weight excluding hydrogens is 298 g/mol. The summed E-state index contributed by atoms with van der Waals surface area (Å²) in [5, 5.41) is 14.4. The third-order valence-corrected chi connectivity index (χ3v) is 3.22. The van der Waals surface area contributed by atoms with E-state index in [0.717, 1.165) is 0 Å². The van der Waals surface area contributed by atoms with Crippen molar-refractivity contribution in [2.24, 2.45) is 4.99 Å². The lowest BCUT2D eigenvalue weighted by atomic mass is 10.2. The van der Waals surface area contributed by atoms with Crippen molar-refractivity contribution in [1.29, 1.82) is 5.26 Å². The van der Waals surface area contributed by atoms with Crippen molar-refractivity contribution in [2.45, 2.75) is 0 Å². The van der Waals surface area contributed by atoms with Crippen molar-refractivity contribution in [3.8, 4) is 6.19 Å². The number of carbonyl (C=O) groups excluding carboxylic acids is 1. The van der Waals surface area contributed by atoms with Crippen LogP contribution in [0.2, 0.25) is 0 Å². The minimum Gasteiger partial charge on any atom is -0.322 e. The van der Waals surface area contributed by atoms with Crippen molar-refractivity contribution < 1.29 is 4.79 Å². The third-order valence-electron chi connectivity index (χ3n) is 2.64. The molecule has 110 valence electrons. The van der Waals surface area contributed by atoms with Gasteiger partial charge in [0.2, 0.25) is 0 Å². The molecular formula is C15H13N5OS. The number of pyridine rings is 1. The van der Waals surface area contributed by atoms with Crippen molar-refractivity contribution in [2.75, 3.05) is 11.6 Å². The van der Waals surface area contributed by atoms with E-state index in [4.69, 9.17) is 5.26 Å². The highest BCUT2D eigenvalue weighted by Crippen LogP contribution is 2.18. The van der Waals surface area contributed by atoms with E-state index >= 15 is 0 Å². The molecule has 6 nitrogen and oxygen atoms in total. The molecule has 0 bridgehead atoms. The topological polar surface area (TPSA) is 90.2 Å². The summed E-state index contributed by atoms with van der Waals surface area (Å²) in [6.45, 7) is 0. The molecule has 0 aliphatic carbocycles. The van der Waals surface area contributed by atoms with Gasteiger partial charge in [0.25, 0.3) is 5.91 Å². The molecule has 0 aliphatic heterocycles. The molecule has 0 saturated carbocycles. The van der Waals surface area contributed by atoms with Crippen LogP contribution in [0.5, 0.6) is 0 Å². The summed E-state index contributed by atoms with van der Waals surface area (Å²) in [6, 6.07) is 10.4. The predicted molar refractivity (Wildman–Crippen MR) is 88.0 cm³/mol. The van der Waals surface area contributed by atoms with E-state index in [1.807, 2.05) is 12.4 Å². The van der Waals surface area contributed by atoms with Crippen LogP contribution < -0.4 is 10.6 Å². The second-order valence-corrected chi connectivity index (χ2v) is 4.90. The average molecular weight is 311 g/mol. The van der Waals surface area contributed by atoms with Gasteiger partial charge in [0.05, 0.1) is 11.3 Å². The van der Waals surface area contributed by atoms with E-state index in [1.165, 1.54) is 18.0 Å². The Hall–Kier alpha value is -2.85. The number of nitriles is 1.